The number of carbonyl (C=O) groups is 1. The van der Waals surface area contributed by atoms with E-state index >= 15 is 0 Å². The van der Waals surface area contributed by atoms with Crippen LogP contribution in [0, 0.1) is 20.2 Å². The molecule has 0 saturated carbocycles. The van der Waals surface area contributed by atoms with Crippen LogP contribution in [0.1, 0.15) is 10.4 Å². The van der Waals surface area contributed by atoms with Crippen molar-refractivity contribution in [3.63, 3.8) is 0 Å². The van der Waals surface area contributed by atoms with E-state index in [9.17, 15) is 30.1 Å². The number of esters is 1. The first-order valence-electron chi connectivity index (χ1n) is 6.22. The Labute approximate surface area is 134 Å². The number of nitrogens with two attached hydrogens (primary N) is 1. The molecule has 24 heavy (non-hydrogen) atoms. The van der Waals surface area contributed by atoms with Gasteiger partial charge in [-0.3, -0.25) is 26.0 Å². The van der Waals surface area contributed by atoms with Crippen LogP contribution in [-0.4, -0.2) is 22.9 Å². The van der Waals surface area contributed by atoms with Crippen molar-refractivity contribution < 1.29 is 29.5 Å². The number of carbonyl (C=O) groups excluding carboxylic acids is 1. The molecule has 0 aliphatic carbocycles. The van der Waals surface area contributed by atoms with Gasteiger partial charge in [0.2, 0.25) is 0 Å². The standard InChI is InChI=1S/C8H6N2O7.C5H6N2/c1-17-8(12)5-2-4(9(13)14)3-6(7(5)11)10(15)16;6-5-3-1-2-4-7-5/h2-3,11H,1H3;1-4H,(H2,6,7). The van der Waals surface area contributed by atoms with Gasteiger partial charge in [0, 0.05) is 12.1 Å². The number of benzene rings is 1. The molecule has 0 bridgehead atoms. The molecule has 0 aliphatic rings. The predicted octanol–water partition coefficient (Wildman–Crippen LogP) is 0.446. The Morgan fingerprint density at radius 1 is 1.21 bits per heavy atom. The summed E-state index contributed by atoms with van der Waals surface area (Å²) in [4.78, 5) is 32.9. The molecular weight excluding hydrogens is 324 g/mol. The van der Waals surface area contributed by atoms with Gasteiger partial charge in [-0.15, -0.1) is 0 Å². The monoisotopic (exact) mass is 336 g/mol. The summed E-state index contributed by atoms with van der Waals surface area (Å²) in [6, 6.07) is 6.71. The number of rotatable bonds is 3. The number of nitrogens with one attached hydrogen (secondary N) is 1. The molecule has 11 heteroatoms. The second kappa shape index (κ2) is 8.03. The Morgan fingerprint density at radius 3 is 2.25 bits per heavy atom. The van der Waals surface area contributed by atoms with Crippen LogP contribution >= 0.6 is 0 Å². The van der Waals surface area contributed by atoms with Crippen LogP contribution in [-0.2, 0) is 4.74 Å². The number of non-ortho nitro benzene ring substituents is 1. The molecule has 0 saturated heterocycles. The fourth-order valence-electron chi connectivity index (χ4n) is 1.51. The van der Waals surface area contributed by atoms with Crippen LogP contribution < -0.4 is 15.8 Å². The van der Waals surface area contributed by atoms with E-state index in [4.69, 9.17) is 5.73 Å². The fourth-order valence-corrected chi connectivity index (χ4v) is 1.51. The fraction of sp³-hybridized carbons (Fsp3) is 0.0769. The minimum absolute atomic E-state index is 0.495. The normalized spacial score (nSPS) is 9.38. The maximum Gasteiger partial charge on any atom is 0.337 e. The van der Waals surface area contributed by atoms with Crippen molar-refractivity contribution in [2.75, 3.05) is 12.8 Å². The molecule has 0 unspecified atom stereocenters. The highest BCUT2D eigenvalue weighted by atomic mass is 16.6. The summed E-state index contributed by atoms with van der Waals surface area (Å²) >= 11 is 0. The number of hydrogen-bond acceptors (Lipinski definition) is 8. The van der Waals surface area contributed by atoms with E-state index in [1.54, 1.807) is 12.3 Å². The van der Waals surface area contributed by atoms with Crippen LogP contribution in [0.25, 0.3) is 0 Å². The molecule has 0 radical (unpaired) electrons. The minimum atomic E-state index is -1.22. The van der Waals surface area contributed by atoms with E-state index in [2.05, 4.69) is 9.72 Å². The first-order valence-corrected chi connectivity index (χ1v) is 6.22. The van der Waals surface area contributed by atoms with E-state index in [1.807, 2.05) is 12.1 Å². The summed E-state index contributed by atoms with van der Waals surface area (Å²) in [6.45, 7) is 0. The number of nitrogen functional groups attached to an aromatic ring is 1. The van der Waals surface area contributed by atoms with Crippen molar-refractivity contribution in [1.82, 2.24) is 0 Å². The molecule has 0 amide bonds. The highest BCUT2D eigenvalue weighted by Crippen LogP contribution is 2.32. The first kappa shape index (κ1) is 18.3. The Hall–Kier alpha value is -3.76. The summed E-state index contributed by atoms with van der Waals surface area (Å²) in [7, 11) is 0.951. The molecule has 126 valence electrons. The van der Waals surface area contributed by atoms with E-state index in [0.29, 0.717) is 18.0 Å². The van der Waals surface area contributed by atoms with Gasteiger partial charge in [-0.25, -0.2) is 9.78 Å². The summed E-state index contributed by atoms with van der Waals surface area (Å²) in [5.41, 5.74) is 2.79. The summed E-state index contributed by atoms with van der Waals surface area (Å²) in [5, 5.41) is 32.4. The number of ether oxygens (including phenoxy) is 1. The first-order chi connectivity index (χ1) is 11.3. The number of H-pyrrole nitrogens is 1. The second-order valence-electron chi connectivity index (χ2n) is 4.17. The summed E-state index contributed by atoms with van der Waals surface area (Å²) in [5.74, 6) is -1.68. The lowest BCUT2D eigenvalue weighted by Crippen LogP contribution is -2.10. The zero-order chi connectivity index (χ0) is 18.3. The van der Waals surface area contributed by atoms with Crippen LogP contribution in [0.4, 0.5) is 17.2 Å². The number of aromatic nitrogens is 1. The van der Waals surface area contributed by atoms with E-state index in [1.165, 1.54) is 0 Å². The lowest BCUT2D eigenvalue weighted by atomic mass is 10.1. The topological polar surface area (TPSA) is 176 Å². The molecule has 1 heterocycles. The number of nitro groups is 2. The van der Waals surface area contributed by atoms with E-state index in [-0.39, 0.29) is 0 Å². The largest absolute Gasteiger partial charge is 0.867 e. The Morgan fingerprint density at radius 2 is 1.88 bits per heavy atom. The minimum Gasteiger partial charge on any atom is -0.867 e. The van der Waals surface area contributed by atoms with Crippen LogP contribution in [0.15, 0.2) is 36.5 Å². The average molecular weight is 336 g/mol. The van der Waals surface area contributed by atoms with Crippen LogP contribution in [0.2, 0.25) is 0 Å². The van der Waals surface area contributed by atoms with Crippen molar-refractivity contribution in [3.8, 4) is 5.75 Å². The lowest BCUT2D eigenvalue weighted by Gasteiger charge is -2.11. The lowest BCUT2D eigenvalue weighted by molar-refractivity contribution is -0.403. The SMILES string of the molecule is COC(=O)c1cc([N+](=O)[O-])cc([N+](=O)[O-])c1[O-].Nc1cccc[nH+]1. The number of methoxy groups -OCH3 is 1. The molecule has 0 aliphatic heterocycles. The van der Waals surface area contributed by atoms with Gasteiger partial charge < -0.3 is 9.84 Å². The number of nitrogens with zero attached hydrogens (tertiary/aromatic N) is 2. The molecule has 3 N–H and O–H groups in total. The molecule has 2 rings (SSSR count). The maximum atomic E-state index is 11.4. The quantitative estimate of drug-likeness (QED) is 0.477. The van der Waals surface area contributed by atoms with E-state index < -0.39 is 38.5 Å². The molecule has 1 aromatic heterocycles. The van der Waals surface area contributed by atoms with Crippen molar-refractivity contribution in [2.24, 2.45) is 0 Å². The van der Waals surface area contributed by atoms with Gasteiger partial charge >= 0.3 is 5.97 Å². The second-order valence-corrected chi connectivity index (χ2v) is 4.17. The molecule has 2 aromatic rings. The third-order valence-electron chi connectivity index (χ3n) is 2.60. The Balaban J connectivity index is 0.000000341. The summed E-state index contributed by atoms with van der Waals surface area (Å²) in [6.07, 6.45) is 1.79. The van der Waals surface area contributed by atoms with Crippen molar-refractivity contribution in [2.45, 2.75) is 0 Å². The van der Waals surface area contributed by atoms with Crippen molar-refractivity contribution >= 4 is 23.2 Å². The van der Waals surface area contributed by atoms with Crippen molar-refractivity contribution in [1.29, 1.82) is 0 Å². The predicted molar refractivity (Wildman–Crippen MR) is 77.9 cm³/mol. The zero-order valence-corrected chi connectivity index (χ0v) is 12.3. The molecule has 0 atom stereocenters. The van der Waals surface area contributed by atoms with Crippen molar-refractivity contribution in [3.05, 3.63) is 62.3 Å². The number of hydrogen-bond donors (Lipinski definition) is 1. The summed E-state index contributed by atoms with van der Waals surface area (Å²) < 4.78 is 4.20. The molecular formula is C13H12N4O7. The van der Waals surface area contributed by atoms with Gasteiger partial charge in [-0.2, -0.15) is 0 Å². The molecule has 0 fully saturated rings. The number of nitro benzene ring substituents is 2. The van der Waals surface area contributed by atoms with Gasteiger partial charge in [0.25, 0.3) is 17.2 Å². The Kier molecular flexibility index (Phi) is 6.12. The molecule has 11 nitrogen and oxygen atoms in total. The van der Waals surface area contributed by atoms with Gasteiger partial charge in [0.1, 0.15) is 0 Å². The third kappa shape index (κ3) is 4.62. The van der Waals surface area contributed by atoms with Gasteiger partial charge in [-0.1, -0.05) is 6.07 Å². The van der Waals surface area contributed by atoms with Gasteiger partial charge in [0.15, 0.2) is 0 Å². The average Bonchev–Trinajstić information content (AvgIpc) is 2.55. The van der Waals surface area contributed by atoms with Gasteiger partial charge in [0.05, 0.1) is 34.8 Å². The molecule has 0 spiro atoms. The third-order valence-corrected chi connectivity index (χ3v) is 2.60. The maximum absolute atomic E-state index is 11.4. The Bertz CT molecular complexity index is 764. The smallest absolute Gasteiger partial charge is 0.337 e. The number of anilines is 1. The van der Waals surface area contributed by atoms with Gasteiger partial charge in [-0.05, 0) is 11.8 Å². The number of aromatic amines is 1. The highest BCUT2D eigenvalue weighted by molar-refractivity contribution is 5.94. The zero-order valence-electron chi connectivity index (χ0n) is 12.3. The number of pyridine rings is 1. The highest BCUT2D eigenvalue weighted by Gasteiger charge is 2.22. The van der Waals surface area contributed by atoms with Crippen LogP contribution in [0.3, 0.4) is 0 Å². The molecule has 1 aromatic carbocycles. The van der Waals surface area contributed by atoms with E-state index in [0.717, 1.165) is 7.11 Å². The van der Waals surface area contributed by atoms with Crippen LogP contribution in [0.5, 0.6) is 5.75 Å².